The van der Waals surface area contributed by atoms with Crippen molar-refractivity contribution in [3.05, 3.63) is 0 Å². The third-order valence-corrected chi connectivity index (χ3v) is 0.584. The maximum Gasteiger partial charge on any atom is 0.374 e. The summed E-state index contributed by atoms with van der Waals surface area (Å²) >= 11 is 0. The summed E-state index contributed by atoms with van der Waals surface area (Å²) in [4.78, 5) is 0. The highest BCUT2D eigenvalue weighted by Gasteiger charge is 1.97. The average molecular weight is 86.9 g/mol. The monoisotopic (exact) mass is 87.1 g/mol. The summed E-state index contributed by atoms with van der Waals surface area (Å²) in [6.45, 7) is 1.98. The summed E-state index contributed by atoms with van der Waals surface area (Å²) in [7, 11) is -0.602. The lowest BCUT2D eigenvalue weighted by atomic mass is 9.80. The molecule has 0 aliphatic heterocycles. The lowest BCUT2D eigenvalue weighted by Crippen LogP contribution is -2.23. The van der Waals surface area contributed by atoms with Crippen LogP contribution in [0.4, 0.5) is 0 Å². The molecule has 0 unspecified atom stereocenters. The van der Waals surface area contributed by atoms with Gasteiger partial charge in [-0.3, -0.25) is 0 Å². The van der Waals surface area contributed by atoms with E-state index in [4.69, 9.17) is 10.7 Å². The fourth-order valence-electron chi connectivity index (χ4n) is 0.296. The van der Waals surface area contributed by atoms with Gasteiger partial charge in [0.2, 0.25) is 0 Å². The Bertz CT molecular complexity index is 32.0. The van der Waals surface area contributed by atoms with E-state index < -0.39 is 7.05 Å². The zero-order chi connectivity index (χ0) is 4.99. The molecule has 0 heterocycles. The van der Waals surface area contributed by atoms with Gasteiger partial charge in [-0.05, 0) is 6.32 Å². The van der Waals surface area contributed by atoms with Crippen LogP contribution in [0.5, 0.6) is 0 Å². The minimum atomic E-state index is -0.602. The topological polar surface area (TPSA) is 46.2 Å². The van der Waals surface area contributed by atoms with Crippen LogP contribution in [0.3, 0.4) is 0 Å². The summed E-state index contributed by atoms with van der Waals surface area (Å²) in [5, 5.41) is 8.33. The number of rotatable bonds is 2. The fraction of sp³-hybridized carbons (Fsp3) is 1.00. The molecule has 0 spiro atoms. The van der Waals surface area contributed by atoms with Gasteiger partial charge in [0.15, 0.2) is 0 Å². The molecule has 0 radical (unpaired) electrons. The van der Waals surface area contributed by atoms with Crippen LogP contribution >= 0.6 is 0 Å². The molecule has 0 aromatic rings. The first-order valence-corrected chi connectivity index (χ1v) is 2.21. The highest BCUT2D eigenvalue weighted by atomic mass is 16.2. The van der Waals surface area contributed by atoms with Gasteiger partial charge in [0.1, 0.15) is 0 Å². The highest BCUT2D eigenvalue weighted by molar-refractivity contribution is 6.46. The Morgan fingerprint density at radius 2 is 2.33 bits per heavy atom. The van der Waals surface area contributed by atoms with E-state index in [2.05, 4.69) is 0 Å². The maximum absolute atomic E-state index is 8.33. The molecule has 0 atom stereocenters. The third-order valence-electron chi connectivity index (χ3n) is 0.584. The van der Waals surface area contributed by atoms with Gasteiger partial charge in [0.05, 0.1) is 0 Å². The van der Waals surface area contributed by atoms with Gasteiger partial charge in [0.25, 0.3) is 0 Å². The van der Waals surface area contributed by atoms with Crippen molar-refractivity contribution >= 4 is 7.05 Å². The molecule has 0 aromatic heterocycles. The van der Waals surface area contributed by atoms with Crippen molar-refractivity contribution < 1.29 is 5.02 Å². The molecule has 0 aliphatic carbocycles. The van der Waals surface area contributed by atoms with Crippen molar-refractivity contribution in [2.24, 2.45) is 5.64 Å². The van der Waals surface area contributed by atoms with Gasteiger partial charge in [-0.25, -0.2) is 0 Å². The molecular weight excluding hydrogens is 76.9 g/mol. The van der Waals surface area contributed by atoms with Crippen LogP contribution in [-0.2, 0) is 0 Å². The third kappa shape index (κ3) is 3.98. The first-order valence-electron chi connectivity index (χ1n) is 2.21. The van der Waals surface area contributed by atoms with Gasteiger partial charge in [-0.15, -0.1) is 0 Å². The molecule has 0 bridgehead atoms. The zero-order valence-electron chi connectivity index (χ0n) is 4.02. The minimum Gasteiger partial charge on any atom is -0.437 e. The molecule has 3 heteroatoms. The van der Waals surface area contributed by atoms with E-state index >= 15 is 0 Å². The molecule has 6 heavy (non-hydrogen) atoms. The lowest BCUT2D eigenvalue weighted by molar-refractivity contribution is 0.568. The summed E-state index contributed by atoms with van der Waals surface area (Å²) in [6, 6.07) is 0. The van der Waals surface area contributed by atoms with E-state index in [-0.39, 0.29) is 0 Å². The van der Waals surface area contributed by atoms with Gasteiger partial charge in [0, 0.05) is 0 Å². The van der Waals surface area contributed by atoms with E-state index in [1.165, 1.54) is 0 Å². The molecule has 36 valence electrons. The summed E-state index contributed by atoms with van der Waals surface area (Å²) in [5.74, 6) is 0. The van der Waals surface area contributed by atoms with Crippen LogP contribution in [-0.4, -0.2) is 12.1 Å². The van der Waals surface area contributed by atoms with Gasteiger partial charge in [-0.2, -0.15) is 0 Å². The van der Waals surface area contributed by atoms with Crippen LogP contribution in [0, 0.1) is 0 Å². The predicted molar refractivity (Wildman–Crippen MR) is 27.3 cm³/mol. The molecule has 0 rings (SSSR count). The Morgan fingerprint density at radius 1 is 1.83 bits per heavy atom. The highest BCUT2D eigenvalue weighted by Crippen LogP contribution is 1.84. The quantitative estimate of drug-likeness (QED) is 0.459. The Labute approximate surface area is 38.5 Å². The molecule has 3 N–H and O–H groups in total. The summed E-state index contributed by atoms with van der Waals surface area (Å²) in [5.41, 5.74) is 4.96. The molecule has 0 fully saturated rings. The van der Waals surface area contributed by atoms with Crippen molar-refractivity contribution in [3.63, 3.8) is 0 Å². The zero-order valence-corrected chi connectivity index (χ0v) is 4.02. The molecule has 0 aromatic carbocycles. The van der Waals surface area contributed by atoms with Crippen LogP contribution in [0.25, 0.3) is 0 Å². The van der Waals surface area contributed by atoms with Gasteiger partial charge < -0.3 is 10.7 Å². The normalized spacial score (nSPS) is 8.50. The first-order chi connectivity index (χ1) is 2.77. The standard InChI is InChI=1S/C3H10BNO/c1-2-3-4(5)6/h6H,2-3,5H2,1H3. The summed E-state index contributed by atoms with van der Waals surface area (Å²) in [6.07, 6.45) is 1.66. The Balaban J connectivity index is 2.63. The Hall–Kier alpha value is -0.0151. The molecule has 0 aliphatic rings. The van der Waals surface area contributed by atoms with Crippen LogP contribution < -0.4 is 5.64 Å². The van der Waals surface area contributed by atoms with E-state index in [0.29, 0.717) is 6.32 Å². The predicted octanol–water partition coefficient (Wildman–Crippen LogP) is -0.164. The maximum atomic E-state index is 8.33. The molecule has 2 nitrogen and oxygen atoms in total. The van der Waals surface area contributed by atoms with E-state index in [9.17, 15) is 0 Å². The number of hydrogen-bond donors (Lipinski definition) is 2. The number of hydrogen-bond acceptors (Lipinski definition) is 2. The van der Waals surface area contributed by atoms with Crippen molar-refractivity contribution in [2.45, 2.75) is 19.7 Å². The van der Waals surface area contributed by atoms with Crippen molar-refractivity contribution in [3.8, 4) is 0 Å². The van der Waals surface area contributed by atoms with Crippen LogP contribution in [0.15, 0.2) is 0 Å². The Morgan fingerprint density at radius 3 is 2.33 bits per heavy atom. The average Bonchev–Trinajstić information content (AvgIpc) is 1.35. The SMILES string of the molecule is CCCB(N)O. The van der Waals surface area contributed by atoms with Gasteiger partial charge >= 0.3 is 7.05 Å². The number of nitrogens with two attached hydrogens (primary N) is 1. The van der Waals surface area contributed by atoms with Gasteiger partial charge in [-0.1, -0.05) is 13.3 Å². The van der Waals surface area contributed by atoms with E-state index in [0.717, 1.165) is 6.42 Å². The smallest absolute Gasteiger partial charge is 0.374 e. The van der Waals surface area contributed by atoms with Crippen LogP contribution in [0.2, 0.25) is 6.32 Å². The summed E-state index contributed by atoms with van der Waals surface area (Å²) < 4.78 is 0. The second kappa shape index (κ2) is 3.19. The lowest BCUT2D eigenvalue weighted by Gasteiger charge is -1.89. The van der Waals surface area contributed by atoms with Crippen molar-refractivity contribution in [1.29, 1.82) is 0 Å². The minimum absolute atomic E-state index is 0.602. The molecule has 0 saturated heterocycles. The molecule has 0 saturated carbocycles. The van der Waals surface area contributed by atoms with Crippen LogP contribution in [0.1, 0.15) is 13.3 Å². The molecular formula is C3H10BNO. The van der Waals surface area contributed by atoms with Crippen molar-refractivity contribution in [2.75, 3.05) is 0 Å². The largest absolute Gasteiger partial charge is 0.437 e. The Kier molecular flexibility index (Phi) is 3.18. The second-order valence-electron chi connectivity index (χ2n) is 1.36. The first kappa shape index (κ1) is 5.98. The fourth-order valence-corrected chi connectivity index (χ4v) is 0.296. The second-order valence-corrected chi connectivity index (χ2v) is 1.36. The van der Waals surface area contributed by atoms with Crippen molar-refractivity contribution in [1.82, 2.24) is 0 Å². The van der Waals surface area contributed by atoms with E-state index in [1.54, 1.807) is 0 Å². The molecule has 0 amide bonds. The van der Waals surface area contributed by atoms with E-state index in [1.807, 2.05) is 6.92 Å².